The van der Waals surface area contributed by atoms with E-state index in [0.717, 1.165) is 11.3 Å². The number of carbonyl (C=O) groups excluding carboxylic acids is 3. The lowest BCUT2D eigenvalue weighted by molar-refractivity contribution is -0.148. The maximum Gasteiger partial charge on any atom is 0.412 e. The Morgan fingerprint density at radius 1 is 1.00 bits per heavy atom. The van der Waals surface area contributed by atoms with Crippen LogP contribution in [0.1, 0.15) is 61.1 Å². The molecule has 1 unspecified atom stereocenters. The first-order chi connectivity index (χ1) is 15.0. The SMILES string of the molecule is COC(=O)C(C)(C)C1=CC(NC(=O)C(C)(C)c2cc(NC(=O)OC(C)(C)C)cn2C)=CC1C. The van der Waals surface area contributed by atoms with Crippen molar-refractivity contribution in [2.75, 3.05) is 12.4 Å². The fourth-order valence-electron chi connectivity index (χ4n) is 3.99. The highest BCUT2D eigenvalue weighted by molar-refractivity contribution is 5.90. The molecule has 182 valence electrons. The smallest absolute Gasteiger partial charge is 0.412 e. The van der Waals surface area contributed by atoms with Crippen molar-refractivity contribution in [3.8, 4) is 0 Å². The number of nitrogens with one attached hydrogen (secondary N) is 2. The number of esters is 1. The summed E-state index contributed by atoms with van der Waals surface area (Å²) in [4.78, 5) is 37.6. The van der Waals surface area contributed by atoms with Crippen molar-refractivity contribution < 1.29 is 23.9 Å². The van der Waals surface area contributed by atoms with E-state index in [1.54, 1.807) is 37.6 Å². The van der Waals surface area contributed by atoms with Crippen molar-refractivity contribution in [3.63, 3.8) is 0 Å². The maximum atomic E-state index is 13.2. The zero-order valence-corrected chi connectivity index (χ0v) is 21.4. The molecule has 1 aromatic heterocycles. The van der Waals surface area contributed by atoms with Gasteiger partial charge in [0.15, 0.2) is 0 Å². The predicted octanol–water partition coefficient (Wildman–Crippen LogP) is 4.43. The summed E-state index contributed by atoms with van der Waals surface area (Å²) in [6.45, 7) is 14.6. The molecule has 1 aliphatic rings. The molecule has 0 aromatic carbocycles. The van der Waals surface area contributed by atoms with E-state index in [0.29, 0.717) is 11.4 Å². The zero-order valence-electron chi connectivity index (χ0n) is 21.4. The van der Waals surface area contributed by atoms with Crippen LogP contribution in [0, 0.1) is 11.3 Å². The third-order valence-corrected chi connectivity index (χ3v) is 5.76. The van der Waals surface area contributed by atoms with Gasteiger partial charge in [0.25, 0.3) is 0 Å². The molecule has 0 saturated carbocycles. The molecule has 0 radical (unpaired) electrons. The molecule has 0 bridgehead atoms. The normalized spacial score (nSPS) is 16.6. The lowest BCUT2D eigenvalue weighted by Gasteiger charge is -2.26. The molecule has 1 heterocycles. The van der Waals surface area contributed by atoms with E-state index in [1.165, 1.54) is 7.11 Å². The minimum absolute atomic E-state index is 0.0165. The molecule has 0 aliphatic heterocycles. The fraction of sp³-hybridized carbons (Fsp3) is 0.560. The Hall–Kier alpha value is -3.03. The number of hydrogen-bond acceptors (Lipinski definition) is 5. The van der Waals surface area contributed by atoms with Crippen molar-refractivity contribution in [1.29, 1.82) is 0 Å². The van der Waals surface area contributed by atoms with Gasteiger partial charge in [-0.15, -0.1) is 0 Å². The molecule has 8 nitrogen and oxygen atoms in total. The average Bonchev–Trinajstić information content (AvgIpc) is 3.21. The van der Waals surface area contributed by atoms with Crippen LogP contribution in [0.15, 0.2) is 35.7 Å². The monoisotopic (exact) mass is 459 g/mol. The molecular weight excluding hydrogens is 422 g/mol. The second kappa shape index (κ2) is 9.08. The predicted molar refractivity (Wildman–Crippen MR) is 128 cm³/mol. The summed E-state index contributed by atoms with van der Waals surface area (Å²) in [7, 11) is 3.19. The Balaban J connectivity index is 2.19. The quantitative estimate of drug-likeness (QED) is 0.614. The van der Waals surface area contributed by atoms with E-state index in [2.05, 4.69) is 10.6 Å². The van der Waals surface area contributed by atoms with Crippen LogP contribution in [-0.2, 0) is 31.5 Å². The van der Waals surface area contributed by atoms with Crippen LogP contribution < -0.4 is 10.6 Å². The molecule has 1 aromatic rings. The lowest BCUT2D eigenvalue weighted by Crippen LogP contribution is -2.40. The molecule has 2 amide bonds. The van der Waals surface area contributed by atoms with E-state index in [-0.39, 0.29) is 17.8 Å². The zero-order chi connectivity index (χ0) is 25.4. The first kappa shape index (κ1) is 26.2. The Morgan fingerprint density at radius 3 is 2.15 bits per heavy atom. The summed E-state index contributed by atoms with van der Waals surface area (Å²) in [6, 6.07) is 1.76. The van der Waals surface area contributed by atoms with Crippen LogP contribution in [0.5, 0.6) is 0 Å². The number of allylic oxidation sites excluding steroid dienone is 2. The molecule has 0 spiro atoms. The van der Waals surface area contributed by atoms with Crippen molar-refractivity contribution >= 4 is 23.7 Å². The minimum Gasteiger partial charge on any atom is -0.468 e. The van der Waals surface area contributed by atoms with Crippen molar-refractivity contribution in [2.45, 2.75) is 66.4 Å². The minimum atomic E-state index is -0.902. The number of methoxy groups -OCH3 is 1. The van der Waals surface area contributed by atoms with Crippen LogP contribution >= 0.6 is 0 Å². The molecule has 8 heteroatoms. The second-order valence-electron chi connectivity index (χ2n) is 10.6. The van der Waals surface area contributed by atoms with Gasteiger partial charge in [0.1, 0.15) is 5.60 Å². The van der Waals surface area contributed by atoms with Gasteiger partial charge in [0.05, 0.1) is 23.6 Å². The number of carbonyl (C=O) groups is 3. The van der Waals surface area contributed by atoms with E-state index in [1.807, 2.05) is 53.8 Å². The number of aryl methyl sites for hydroxylation is 1. The molecule has 2 N–H and O–H groups in total. The summed E-state index contributed by atoms with van der Waals surface area (Å²) in [5, 5.41) is 5.69. The Morgan fingerprint density at radius 2 is 1.61 bits per heavy atom. The molecular formula is C25H37N3O5. The first-order valence-corrected chi connectivity index (χ1v) is 11.0. The van der Waals surface area contributed by atoms with Gasteiger partial charge in [-0.25, -0.2) is 4.79 Å². The molecule has 0 saturated heterocycles. The number of ether oxygens (including phenoxy) is 2. The summed E-state index contributed by atoms with van der Waals surface area (Å²) in [6.07, 6.45) is 4.95. The maximum absolute atomic E-state index is 13.2. The molecule has 1 atom stereocenters. The van der Waals surface area contributed by atoms with Crippen LogP contribution in [0.25, 0.3) is 0 Å². The van der Waals surface area contributed by atoms with Gasteiger partial charge in [-0.1, -0.05) is 13.0 Å². The van der Waals surface area contributed by atoms with Gasteiger partial charge in [-0.3, -0.25) is 14.9 Å². The molecule has 2 rings (SSSR count). The topological polar surface area (TPSA) is 98.7 Å². The molecule has 1 aliphatic carbocycles. The van der Waals surface area contributed by atoms with E-state index in [4.69, 9.17) is 9.47 Å². The van der Waals surface area contributed by atoms with Crippen LogP contribution in [0.4, 0.5) is 10.5 Å². The largest absolute Gasteiger partial charge is 0.468 e. The van der Waals surface area contributed by atoms with E-state index in [9.17, 15) is 14.4 Å². The number of anilines is 1. The number of aromatic nitrogens is 1. The van der Waals surface area contributed by atoms with Crippen molar-refractivity contribution in [3.05, 3.63) is 41.4 Å². The Kier molecular flexibility index (Phi) is 7.21. The second-order valence-corrected chi connectivity index (χ2v) is 10.6. The summed E-state index contributed by atoms with van der Waals surface area (Å²) < 4.78 is 12.0. The van der Waals surface area contributed by atoms with E-state index >= 15 is 0 Å². The first-order valence-electron chi connectivity index (χ1n) is 11.0. The highest BCUT2D eigenvalue weighted by Crippen LogP contribution is 2.38. The number of amides is 2. The standard InChI is InChI=1S/C25H37N3O5/c1-15-11-16(12-18(15)24(5,6)21(30)32-10)26-20(29)25(7,8)19-13-17(14-28(19)9)27-22(31)33-23(2,3)4/h11-15H,1-10H3,(H,26,29)(H,27,31). The van der Waals surface area contributed by atoms with E-state index < -0.39 is 22.5 Å². The summed E-state index contributed by atoms with van der Waals surface area (Å²) in [5.74, 6) is -0.549. The van der Waals surface area contributed by atoms with Gasteiger partial charge in [0, 0.05) is 24.6 Å². The average molecular weight is 460 g/mol. The fourth-order valence-corrected chi connectivity index (χ4v) is 3.99. The summed E-state index contributed by atoms with van der Waals surface area (Å²) >= 11 is 0. The summed E-state index contributed by atoms with van der Waals surface area (Å²) in [5.41, 5.74) is 0.477. The number of nitrogens with zero attached hydrogens (tertiary/aromatic N) is 1. The Bertz CT molecular complexity index is 1010. The van der Waals surface area contributed by atoms with Gasteiger partial charge in [0.2, 0.25) is 5.91 Å². The van der Waals surface area contributed by atoms with Crippen LogP contribution in [0.2, 0.25) is 0 Å². The molecule has 33 heavy (non-hydrogen) atoms. The van der Waals surface area contributed by atoms with Crippen molar-refractivity contribution in [1.82, 2.24) is 9.88 Å². The third-order valence-electron chi connectivity index (χ3n) is 5.76. The van der Waals surface area contributed by atoms with Crippen LogP contribution in [0.3, 0.4) is 0 Å². The van der Waals surface area contributed by atoms with Crippen LogP contribution in [-0.4, -0.2) is 35.2 Å². The van der Waals surface area contributed by atoms with Gasteiger partial charge < -0.3 is 19.4 Å². The number of rotatable bonds is 6. The van der Waals surface area contributed by atoms with Gasteiger partial charge in [-0.2, -0.15) is 0 Å². The number of hydrogen-bond donors (Lipinski definition) is 2. The third kappa shape index (κ3) is 5.86. The van der Waals surface area contributed by atoms with Gasteiger partial charge in [-0.05, 0) is 72.1 Å². The Labute approximate surface area is 196 Å². The lowest BCUT2D eigenvalue weighted by atomic mass is 9.79. The van der Waals surface area contributed by atoms with Gasteiger partial charge >= 0.3 is 12.1 Å². The molecule has 0 fully saturated rings. The van der Waals surface area contributed by atoms with Crippen molar-refractivity contribution in [2.24, 2.45) is 18.4 Å². The highest BCUT2D eigenvalue weighted by atomic mass is 16.6. The highest BCUT2D eigenvalue weighted by Gasteiger charge is 2.39.